The number of hydrogen-bond acceptors (Lipinski definition) is 5. The molecule has 0 fully saturated rings. The molecule has 0 spiro atoms. The van der Waals surface area contributed by atoms with Crippen molar-refractivity contribution in [1.29, 1.82) is 0 Å². The number of aryl methyl sites for hydroxylation is 3. The van der Waals surface area contributed by atoms with E-state index in [-0.39, 0.29) is 0 Å². The summed E-state index contributed by atoms with van der Waals surface area (Å²) < 4.78 is 7.20. The Labute approximate surface area is 127 Å². The van der Waals surface area contributed by atoms with Crippen LogP contribution in [0.25, 0.3) is 5.69 Å². The number of imidazole rings is 1. The standard InChI is InChI=1S/C15H16N4OS/c1-10-6-11(2)8-13(7-10)19-5-4-16-15(19)21-9-14-17-12(3)18-20-14/h4-8H,9H2,1-3H3. The van der Waals surface area contributed by atoms with Gasteiger partial charge >= 0.3 is 0 Å². The molecular weight excluding hydrogens is 284 g/mol. The highest BCUT2D eigenvalue weighted by atomic mass is 32.2. The van der Waals surface area contributed by atoms with Crippen molar-refractivity contribution < 1.29 is 4.52 Å². The molecule has 0 aliphatic rings. The predicted octanol–water partition coefficient (Wildman–Crippen LogP) is 3.47. The number of aromatic nitrogens is 4. The molecule has 6 heteroatoms. The largest absolute Gasteiger partial charge is 0.338 e. The van der Waals surface area contributed by atoms with E-state index in [1.165, 1.54) is 11.1 Å². The van der Waals surface area contributed by atoms with Gasteiger partial charge in [0, 0.05) is 18.1 Å². The molecule has 1 aromatic carbocycles. The van der Waals surface area contributed by atoms with E-state index in [4.69, 9.17) is 4.52 Å². The summed E-state index contributed by atoms with van der Waals surface area (Å²) in [5.74, 6) is 1.89. The van der Waals surface area contributed by atoms with Crippen LogP contribution in [0.1, 0.15) is 22.8 Å². The van der Waals surface area contributed by atoms with Crippen LogP contribution >= 0.6 is 11.8 Å². The van der Waals surface area contributed by atoms with Crippen molar-refractivity contribution in [2.75, 3.05) is 0 Å². The molecule has 0 atom stereocenters. The minimum absolute atomic E-state index is 0.614. The molecule has 0 amide bonds. The van der Waals surface area contributed by atoms with E-state index in [0.29, 0.717) is 17.5 Å². The molecule has 0 aliphatic heterocycles. The molecule has 0 saturated carbocycles. The van der Waals surface area contributed by atoms with Crippen molar-refractivity contribution in [3.05, 3.63) is 53.4 Å². The van der Waals surface area contributed by atoms with Crippen molar-refractivity contribution in [3.8, 4) is 5.69 Å². The summed E-state index contributed by atoms with van der Waals surface area (Å²) in [6.07, 6.45) is 3.77. The zero-order chi connectivity index (χ0) is 14.8. The normalized spacial score (nSPS) is 11.0. The Hall–Kier alpha value is -2.08. The Kier molecular flexibility index (Phi) is 3.79. The lowest BCUT2D eigenvalue weighted by Gasteiger charge is -2.09. The Morgan fingerprint density at radius 2 is 1.90 bits per heavy atom. The third-order valence-corrected chi connectivity index (χ3v) is 3.94. The van der Waals surface area contributed by atoms with Gasteiger partial charge in [0.15, 0.2) is 11.0 Å². The minimum Gasteiger partial charge on any atom is -0.338 e. The number of hydrogen-bond donors (Lipinski definition) is 0. The molecule has 3 aromatic rings. The Morgan fingerprint density at radius 3 is 2.57 bits per heavy atom. The van der Waals surface area contributed by atoms with Gasteiger partial charge in [0.2, 0.25) is 5.89 Å². The number of rotatable bonds is 4. The van der Waals surface area contributed by atoms with Gasteiger partial charge in [-0.1, -0.05) is 23.0 Å². The summed E-state index contributed by atoms with van der Waals surface area (Å²) in [5, 5.41) is 4.71. The zero-order valence-corrected chi connectivity index (χ0v) is 13.0. The molecule has 0 unspecified atom stereocenters. The molecule has 0 aliphatic carbocycles. The quantitative estimate of drug-likeness (QED) is 0.690. The van der Waals surface area contributed by atoms with Gasteiger partial charge in [0.05, 0.1) is 5.75 Å². The maximum atomic E-state index is 5.13. The van der Waals surface area contributed by atoms with Gasteiger partial charge in [-0.2, -0.15) is 4.98 Å². The fourth-order valence-electron chi connectivity index (χ4n) is 2.21. The highest BCUT2D eigenvalue weighted by Gasteiger charge is 2.10. The SMILES string of the molecule is Cc1cc(C)cc(-n2ccnc2SCc2nc(C)no2)c1. The number of thioether (sulfide) groups is 1. The second-order valence-corrected chi connectivity index (χ2v) is 5.89. The van der Waals surface area contributed by atoms with Crippen LogP contribution in [0.3, 0.4) is 0 Å². The van der Waals surface area contributed by atoms with Gasteiger partial charge in [-0.3, -0.25) is 4.57 Å². The molecule has 2 aromatic heterocycles. The first-order valence-corrected chi connectivity index (χ1v) is 7.64. The van der Waals surface area contributed by atoms with E-state index >= 15 is 0 Å². The van der Waals surface area contributed by atoms with Gasteiger partial charge in [-0.25, -0.2) is 4.98 Å². The fraction of sp³-hybridized carbons (Fsp3) is 0.267. The van der Waals surface area contributed by atoms with E-state index in [1.54, 1.807) is 18.0 Å². The Balaban J connectivity index is 1.83. The average Bonchev–Trinajstić information content (AvgIpc) is 3.03. The van der Waals surface area contributed by atoms with Crippen LogP contribution in [0.15, 0.2) is 40.3 Å². The molecule has 3 rings (SSSR count). The van der Waals surface area contributed by atoms with E-state index in [1.807, 2.05) is 13.1 Å². The summed E-state index contributed by atoms with van der Waals surface area (Å²) in [6, 6.07) is 6.46. The van der Waals surface area contributed by atoms with E-state index in [2.05, 4.69) is 51.7 Å². The molecule has 5 nitrogen and oxygen atoms in total. The van der Waals surface area contributed by atoms with Crippen molar-refractivity contribution in [2.45, 2.75) is 31.7 Å². The third-order valence-electron chi connectivity index (χ3n) is 2.99. The second kappa shape index (κ2) is 5.73. The minimum atomic E-state index is 0.614. The Morgan fingerprint density at radius 1 is 1.14 bits per heavy atom. The van der Waals surface area contributed by atoms with Crippen LogP contribution < -0.4 is 0 Å². The maximum absolute atomic E-state index is 5.13. The van der Waals surface area contributed by atoms with Crippen molar-refractivity contribution in [1.82, 2.24) is 19.7 Å². The van der Waals surface area contributed by atoms with Crippen molar-refractivity contribution in [2.24, 2.45) is 0 Å². The first kappa shape index (κ1) is 13.9. The molecule has 2 heterocycles. The van der Waals surface area contributed by atoms with Gasteiger partial charge < -0.3 is 4.52 Å². The lowest BCUT2D eigenvalue weighted by atomic mass is 10.1. The molecule has 0 N–H and O–H groups in total. The summed E-state index contributed by atoms with van der Waals surface area (Å²) in [4.78, 5) is 8.61. The predicted molar refractivity (Wildman–Crippen MR) is 81.6 cm³/mol. The van der Waals surface area contributed by atoms with E-state index < -0.39 is 0 Å². The second-order valence-electron chi connectivity index (χ2n) is 4.95. The molecule has 21 heavy (non-hydrogen) atoms. The summed E-state index contributed by atoms with van der Waals surface area (Å²) in [7, 11) is 0. The van der Waals surface area contributed by atoms with E-state index in [9.17, 15) is 0 Å². The van der Waals surface area contributed by atoms with Gasteiger partial charge in [-0.15, -0.1) is 0 Å². The Bertz CT molecular complexity index is 742. The van der Waals surface area contributed by atoms with E-state index in [0.717, 1.165) is 10.8 Å². The van der Waals surface area contributed by atoms with Crippen LogP contribution in [0.5, 0.6) is 0 Å². The first-order chi connectivity index (χ1) is 10.1. The molecular formula is C15H16N4OS. The maximum Gasteiger partial charge on any atom is 0.237 e. The monoisotopic (exact) mass is 300 g/mol. The number of benzene rings is 1. The highest BCUT2D eigenvalue weighted by Crippen LogP contribution is 2.24. The average molecular weight is 300 g/mol. The topological polar surface area (TPSA) is 56.7 Å². The summed E-state index contributed by atoms with van der Waals surface area (Å²) in [5.41, 5.74) is 3.60. The smallest absolute Gasteiger partial charge is 0.237 e. The first-order valence-electron chi connectivity index (χ1n) is 6.66. The zero-order valence-electron chi connectivity index (χ0n) is 12.2. The molecule has 0 bridgehead atoms. The van der Waals surface area contributed by atoms with Crippen molar-refractivity contribution >= 4 is 11.8 Å². The van der Waals surface area contributed by atoms with Crippen molar-refractivity contribution in [3.63, 3.8) is 0 Å². The molecule has 0 radical (unpaired) electrons. The van der Waals surface area contributed by atoms with Crippen LogP contribution in [0, 0.1) is 20.8 Å². The van der Waals surface area contributed by atoms with Crippen LogP contribution in [0.4, 0.5) is 0 Å². The lowest BCUT2D eigenvalue weighted by Crippen LogP contribution is -1.97. The van der Waals surface area contributed by atoms with Crippen LogP contribution in [-0.4, -0.2) is 19.7 Å². The molecule has 0 saturated heterocycles. The lowest BCUT2D eigenvalue weighted by molar-refractivity contribution is 0.387. The third kappa shape index (κ3) is 3.16. The van der Waals surface area contributed by atoms with Gasteiger partial charge in [-0.05, 0) is 44.0 Å². The van der Waals surface area contributed by atoms with Gasteiger partial charge in [0.1, 0.15) is 0 Å². The van der Waals surface area contributed by atoms with Crippen LogP contribution in [-0.2, 0) is 5.75 Å². The summed E-state index contributed by atoms with van der Waals surface area (Å²) >= 11 is 1.58. The highest BCUT2D eigenvalue weighted by molar-refractivity contribution is 7.98. The summed E-state index contributed by atoms with van der Waals surface area (Å²) in [6.45, 7) is 6.01. The van der Waals surface area contributed by atoms with Crippen LogP contribution in [0.2, 0.25) is 0 Å². The number of nitrogens with zero attached hydrogens (tertiary/aromatic N) is 4. The fourth-order valence-corrected chi connectivity index (χ4v) is 3.02. The molecule has 108 valence electrons. The van der Waals surface area contributed by atoms with Gasteiger partial charge in [0.25, 0.3) is 0 Å².